The monoisotopic (exact) mass is 340 g/mol. The Morgan fingerprint density at radius 1 is 0.826 bits per heavy atom. The van der Waals surface area contributed by atoms with Gasteiger partial charge in [0, 0.05) is 21.5 Å². The fourth-order valence-corrected chi connectivity index (χ4v) is 3.45. The molecule has 0 fully saturated rings. The van der Waals surface area contributed by atoms with Gasteiger partial charge >= 0.3 is 29.6 Å². The van der Waals surface area contributed by atoms with Gasteiger partial charge in [-0.1, -0.05) is 36.4 Å². The summed E-state index contributed by atoms with van der Waals surface area (Å²) in [5.41, 5.74) is 0. The first kappa shape index (κ1) is 18.0. The number of hydrogen-bond donors (Lipinski definition) is 0. The van der Waals surface area contributed by atoms with Gasteiger partial charge in [0.15, 0.2) is 0 Å². The molecule has 0 saturated heterocycles. The SMILES string of the molecule is COc1c2ccccc2c(OC)c2c(S(=O)(=O)[O-])cccc12.[Na+]. The van der Waals surface area contributed by atoms with E-state index in [4.69, 9.17) is 9.47 Å². The van der Waals surface area contributed by atoms with E-state index in [2.05, 4.69) is 0 Å². The Balaban J connectivity index is 0.00000192. The second kappa shape index (κ2) is 6.67. The summed E-state index contributed by atoms with van der Waals surface area (Å²) < 4.78 is 45.7. The summed E-state index contributed by atoms with van der Waals surface area (Å²) in [6.07, 6.45) is 0. The first-order chi connectivity index (χ1) is 10.5. The zero-order valence-corrected chi connectivity index (χ0v) is 15.8. The van der Waals surface area contributed by atoms with Crippen molar-refractivity contribution in [2.45, 2.75) is 4.90 Å². The Bertz CT molecular complexity index is 983. The van der Waals surface area contributed by atoms with Crippen molar-refractivity contribution in [3.8, 4) is 11.5 Å². The quantitative estimate of drug-likeness (QED) is 0.379. The van der Waals surface area contributed by atoms with Crippen LogP contribution in [-0.2, 0) is 10.1 Å². The fourth-order valence-electron chi connectivity index (χ4n) is 2.75. The van der Waals surface area contributed by atoms with E-state index in [0.717, 1.165) is 5.39 Å². The number of ether oxygens (including phenoxy) is 2. The molecule has 0 N–H and O–H groups in total. The molecule has 0 aliphatic carbocycles. The molecule has 0 unspecified atom stereocenters. The molecule has 0 heterocycles. The van der Waals surface area contributed by atoms with Crippen LogP contribution in [0.15, 0.2) is 47.4 Å². The number of methoxy groups -OCH3 is 2. The molecule has 5 nitrogen and oxygen atoms in total. The van der Waals surface area contributed by atoms with Crippen LogP contribution in [0.4, 0.5) is 0 Å². The van der Waals surface area contributed by atoms with Crippen LogP contribution < -0.4 is 39.0 Å². The second-order valence-corrected chi connectivity index (χ2v) is 6.09. The van der Waals surface area contributed by atoms with Crippen LogP contribution in [-0.4, -0.2) is 27.2 Å². The van der Waals surface area contributed by atoms with E-state index >= 15 is 0 Å². The minimum Gasteiger partial charge on any atom is -0.744 e. The van der Waals surface area contributed by atoms with Crippen LogP contribution in [0.1, 0.15) is 0 Å². The normalized spacial score (nSPS) is 11.3. The summed E-state index contributed by atoms with van der Waals surface area (Å²) in [7, 11) is -1.69. The Morgan fingerprint density at radius 2 is 1.35 bits per heavy atom. The maximum Gasteiger partial charge on any atom is 1.00 e. The molecule has 0 atom stereocenters. The largest absolute Gasteiger partial charge is 1.00 e. The number of hydrogen-bond acceptors (Lipinski definition) is 5. The topological polar surface area (TPSA) is 75.7 Å². The molecule has 3 aromatic carbocycles. The average Bonchev–Trinajstić information content (AvgIpc) is 2.50. The molecule has 0 aliphatic rings. The Hall–Kier alpha value is -1.31. The molecule has 0 aromatic heterocycles. The smallest absolute Gasteiger partial charge is 0.744 e. The van der Waals surface area contributed by atoms with E-state index in [9.17, 15) is 13.0 Å². The van der Waals surface area contributed by atoms with E-state index in [-0.39, 0.29) is 39.8 Å². The third-order valence-corrected chi connectivity index (χ3v) is 4.47. The maximum atomic E-state index is 11.6. The van der Waals surface area contributed by atoms with E-state index < -0.39 is 10.1 Å². The van der Waals surface area contributed by atoms with Crippen LogP contribution in [0.25, 0.3) is 21.5 Å². The molecule has 0 bridgehead atoms. The van der Waals surface area contributed by atoms with Gasteiger partial charge in [0.2, 0.25) is 0 Å². The molecule has 0 radical (unpaired) electrons. The van der Waals surface area contributed by atoms with Gasteiger partial charge in [-0.25, -0.2) is 8.42 Å². The third kappa shape index (κ3) is 2.93. The van der Waals surface area contributed by atoms with Gasteiger partial charge in [0.1, 0.15) is 21.6 Å². The van der Waals surface area contributed by atoms with Crippen molar-refractivity contribution < 1.29 is 52.0 Å². The van der Waals surface area contributed by atoms with Crippen molar-refractivity contribution in [1.82, 2.24) is 0 Å². The minimum atomic E-state index is -4.64. The first-order valence-corrected chi connectivity index (χ1v) is 7.91. The second-order valence-electron chi connectivity index (χ2n) is 4.74. The Labute approximate surface area is 156 Å². The van der Waals surface area contributed by atoms with Crippen LogP contribution >= 0.6 is 0 Å². The van der Waals surface area contributed by atoms with Crippen molar-refractivity contribution >= 4 is 31.7 Å². The fraction of sp³-hybridized carbons (Fsp3) is 0.125. The zero-order chi connectivity index (χ0) is 15.9. The van der Waals surface area contributed by atoms with E-state index in [1.54, 1.807) is 12.1 Å². The summed E-state index contributed by atoms with van der Waals surface area (Å²) in [4.78, 5) is -0.314. The Morgan fingerprint density at radius 3 is 1.87 bits per heavy atom. The number of fused-ring (bicyclic) bond motifs is 2. The molecule has 0 amide bonds. The van der Waals surface area contributed by atoms with Crippen molar-refractivity contribution in [2.75, 3.05) is 14.2 Å². The van der Waals surface area contributed by atoms with Crippen LogP contribution in [0.2, 0.25) is 0 Å². The van der Waals surface area contributed by atoms with Gasteiger partial charge in [-0.15, -0.1) is 0 Å². The van der Waals surface area contributed by atoms with Crippen LogP contribution in [0.5, 0.6) is 11.5 Å². The van der Waals surface area contributed by atoms with Crippen LogP contribution in [0.3, 0.4) is 0 Å². The van der Waals surface area contributed by atoms with E-state index in [1.165, 1.54) is 26.4 Å². The van der Waals surface area contributed by atoms with Crippen LogP contribution in [0, 0.1) is 0 Å². The number of rotatable bonds is 3. The molecular formula is C16H13NaO5S. The summed E-state index contributed by atoms with van der Waals surface area (Å²) in [5, 5.41) is 2.24. The van der Waals surface area contributed by atoms with E-state index in [1.807, 2.05) is 18.2 Å². The maximum absolute atomic E-state index is 11.6. The van der Waals surface area contributed by atoms with Crippen molar-refractivity contribution in [1.29, 1.82) is 0 Å². The molecule has 0 aliphatic heterocycles. The van der Waals surface area contributed by atoms with Gasteiger partial charge in [-0.05, 0) is 6.07 Å². The molecule has 7 heteroatoms. The van der Waals surface area contributed by atoms with Gasteiger partial charge in [-0.3, -0.25) is 0 Å². The standard InChI is InChI=1S/C16H14O5S.Na/c1-20-15-10-6-3-4-7-11(10)16(21-2)14-12(15)8-5-9-13(14)22(17,18)19;/h3-9H,1-2H3,(H,17,18,19);/q;+1/p-1. The Kier molecular flexibility index (Phi) is 5.23. The average molecular weight is 340 g/mol. The molecule has 0 saturated carbocycles. The van der Waals surface area contributed by atoms with Gasteiger partial charge in [0.05, 0.1) is 19.1 Å². The predicted molar refractivity (Wildman–Crippen MR) is 82.5 cm³/mol. The van der Waals surface area contributed by atoms with Gasteiger partial charge < -0.3 is 14.0 Å². The summed E-state index contributed by atoms with van der Waals surface area (Å²) in [5.74, 6) is 0.860. The van der Waals surface area contributed by atoms with Crippen molar-refractivity contribution in [3.63, 3.8) is 0 Å². The molecule has 114 valence electrons. The summed E-state index contributed by atoms with van der Waals surface area (Å²) in [6.45, 7) is 0. The third-order valence-electron chi connectivity index (χ3n) is 3.59. The summed E-state index contributed by atoms with van der Waals surface area (Å²) >= 11 is 0. The minimum absolute atomic E-state index is 0. The predicted octanol–water partition coefficient (Wildman–Crippen LogP) is -0.0817. The number of benzene rings is 3. The zero-order valence-electron chi connectivity index (χ0n) is 13.0. The molecule has 23 heavy (non-hydrogen) atoms. The molecule has 3 rings (SSSR count). The van der Waals surface area contributed by atoms with Gasteiger partial charge in [-0.2, -0.15) is 0 Å². The van der Waals surface area contributed by atoms with Crippen molar-refractivity contribution in [3.05, 3.63) is 42.5 Å². The first-order valence-electron chi connectivity index (χ1n) is 6.50. The van der Waals surface area contributed by atoms with Gasteiger partial charge in [0.25, 0.3) is 0 Å². The molecule has 0 spiro atoms. The molecule has 3 aromatic rings. The molecular weight excluding hydrogens is 327 g/mol. The van der Waals surface area contributed by atoms with E-state index in [0.29, 0.717) is 22.3 Å². The summed E-state index contributed by atoms with van der Waals surface area (Å²) in [6, 6.07) is 11.8. The van der Waals surface area contributed by atoms with Crippen molar-refractivity contribution in [2.24, 2.45) is 0 Å².